The highest BCUT2D eigenvalue weighted by atomic mass is 19.1. The number of carboxylic acid groups (broad SMARTS) is 1. The van der Waals surface area contributed by atoms with Crippen molar-refractivity contribution < 1.29 is 14.3 Å². The van der Waals surface area contributed by atoms with Crippen molar-refractivity contribution in [2.45, 2.75) is 6.92 Å². The van der Waals surface area contributed by atoms with Gasteiger partial charge in [0.15, 0.2) is 0 Å². The van der Waals surface area contributed by atoms with Crippen LogP contribution in [0.15, 0.2) is 30.5 Å². The van der Waals surface area contributed by atoms with E-state index in [9.17, 15) is 9.18 Å². The quantitative estimate of drug-likeness (QED) is 0.842. The molecule has 4 nitrogen and oxygen atoms in total. The summed E-state index contributed by atoms with van der Waals surface area (Å²) in [4.78, 5) is 10.8. The second-order valence-corrected chi connectivity index (χ2v) is 3.34. The average molecular weight is 220 g/mol. The number of carbonyl (C=O) groups is 1. The maximum Gasteiger partial charge on any atom is 0.339 e. The zero-order valence-electron chi connectivity index (χ0n) is 8.51. The van der Waals surface area contributed by atoms with Crippen LogP contribution in [0.1, 0.15) is 16.1 Å². The van der Waals surface area contributed by atoms with Crippen molar-refractivity contribution in [2.24, 2.45) is 0 Å². The van der Waals surface area contributed by atoms with Crippen molar-refractivity contribution in [1.82, 2.24) is 9.78 Å². The molecule has 0 atom stereocenters. The largest absolute Gasteiger partial charge is 0.478 e. The summed E-state index contributed by atoms with van der Waals surface area (Å²) in [5.74, 6) is -1.36. The van der Waals surface area contributed by atoms with E-state index in [2.05, 4.69) is 5.10 Å². The summed E-state index contributed by atoms with van der Waals surface area (Å²) in [6.07, 6.45) is 1.28. The van der Waals surface area contributed by atoms with Gasteiger partial charge in [-0.15, -0.1) is 0 Å². The molecule has 0 saturated carbocycles. The lowest BCUT2D eigenvalue weighted by molar-refractivity contribution is 0.0696. The van der Waals surface area contributed by atoms with Crippen molar-refractivity contribution in [3.8, 4) is 5.69 Å². The van der Waals surface area contributed by atoms with E-state index in [1.54, 1.807) is 19.1 Å². The molecule has 0 aliphatic heterocycles. The van der Waals surface area contributed by atoms with Crippen LogP contribution in [0.4, 0.5) is 4.39 Å². The summed E-state index contributed by atoms with van der Waals surface area (Å²) in [6.45, 7) is 1.65. The SMILES string of the molecule is Cc1c(C(=O)O)cnn1-c1ccc(F)cc1. The van der Waals surface area contributed by atoms with Gasteiger partial charge in [-0.25, -0.2) is 13.9 Å². The van der Waals surface area contributed by atoms with Crippen LogP contribution in [0.3, 0.4) is 0 Å². The number of aromatic nitrogens is 2. The lowest BCUT2D eigenvalue weighted by Crippen LogP contribution is -2.02. The number of rotatable bonds is 2. The molecule has 0 fully saturated rings. The predicted molar refractivity (Wildman–Crippen MR) is 55.2 cm³/mol. The zero-order chi connectivity index (χ0) is 11.7. The number of halogens is 1. The summed E-state index contributed by atoms with van der Waals surface area (Å²) in [5.41, 5.74) is 1.29. The zero-order valence-corrected chi connectivity index (χ0v) is 8.51. The standard InChI is InChI=1S/C11H9FN2O2/c1-7-10(11(15)16)6-13-14(7)9-4-2-8(12)3-5-9/h2-6H,1H3,(H,15,16). The molecule has 0 radical (unpaired) electrons. The minimum atomic E-state index is -1.02. The van der Waals surface area contributed by atoms with Gasteiger partial charge >= 0.3 is 5.97 Å². The normalized spacial score (nSPS) is 10.4. The Labute approximate surface area is 90.9 Å². The predicted octanol–water partition coefficient (Wildman–Crippen LogP) is 2.02. The van der Waals surface area contributed by atoms with Crippen LogP contribution >= 0.6 is 0 Å². The highest BCUT2D eigenvalue weighted by molar-refractivity contribution is 5.88. The lowest BCUT2D eigenvalue weighted by Gasteiger charge is -2.03. The van der Waals surface area contributed by atoms with Crippen LogP contribution in [0, 0.1) is 12.7 Å². The van der Waals surface area contributed by atoms with Crippen LogP contribution in [-0.4, -0.2) is 20.9 Å². The van der Waals surface area contributed by atoms with Gasteiger partial charge in [0, 0.05) is 0 Å². The fourth-order valence-electron chi connectivity index (χ4n) is 1.46. The van der Waals surface area contributed by atoms with Crippen molar-refractivity contribution >= 4 is 5.97 Å². The monoisotopic (exact) mass is 220 g/mol. The van der Waals surface area contributed by atoms with E-state index >= 15 is 0 Å². The molecule has 0 bridgehead atoms. The Balaban J connectivity index is 2.49. The maximum absolute atomic E-state index is 12.7. The molecule has 0 amide bonds. The summed E-state index contributed by atoms with van der Waals surface area (Å²) in [7, 11) is 0. The topological polar surface area (TPSA) is 55.1 Å². The molecule has 2 rings (SSSR count). The molecule has 1 heterocycles. The molecule has 0 aliphatic carbocycles. The van der Waals surface area contributed by atoms with Crippen LogP contribution in [-0.2, 0) is 0 Å². The summed E-state index contributed by atoms with van der Waals surface area (Å²) in [5, 5.41) is 12.8. The molecule has 0 unspecified atom stereocenters. The molecule has 0 saturated heterocycles. The van der Waals surface area contributed by atoms with Gasteiger partial charge in [-0.3, -0.25) is 0 Å². The van der Waals surface area contributed by atoms with Gasteiger partial charge in [0.1, 0.15) is 11.4 Å². The van der Waals surface area contributed by atoms with E-state index < -0.39 is 5.97 Å². The Morgan fingerprint density at radius 1 is 1.38 bits per heavy atom. The van der Waals surface area contributed by atoms with Gasteiger partial charge in [-0.05, 0) is 31.2 Å². The Morgan fingerprint density at radius 3 is 2.50 bits per heavy atom. The second-order valence-electron chi connectivity index (χ2n) is 3.34. The van der Waals surface area contributed by atoms with E-state index in [1.807, 2.05) is 0 Å². The number of hydrogen-bond acceptors (Lipinski definition) is 2. The minimum Gasteiger partial charge on any atom is -0.478 e. The summed E-state index contributed by atoms with van der Waals surface area (Å²) < 4.78 is 14.2. The fourth-order valence-corrected chi connectivity index (χ4v) is 1.46. The van der Waals surface area contributed by atoms with E-state index in [4.69, 9.17) is 5.11 Å². The van der Waals surface area contributed by atoms with Gasteiger partial charge in [0.05, 0.1) is 17.6 Å². The molecular formula is C11H9FN2O2. The van der Waals surface area contributed by atoms with Crippen LogP contribution in [0.5, 0.6) is 0 Å². The number of hydrogen-bond donors (Lipinski definition) is 1. The fraction of sp³-hybridized carbons (Fsp3) is 0.0909. The summed E-state index contributed by atoms with van der Waals surface area (Å²) in [6, 6.07) is 5.69. The second kappa shape index (κ2) is 3.77. The maximum atomic E-state index is 12.7. The lowest BCUT2D eigenvalue weighted by atomic mass is 10.2. The van der Waals surface area contributed by atoms with Gasteiger partial charge in [0.25, 0.3) is 0 Å². The molecular weight excluding hydrogens is 211 g/mol. The highest BCUT2D eigenvalue weighted by Crippen LogP contribution is 2.14. The first-order valence-electron chi connectivity index (χ1n) is 4.63. The van der Waals surface area contributed by atoms with E-state index in [0.29, 0.717) is 11.4 Å². The first-order chi connectivity index (χ1) is 7.59. The van der Waals surface area contributed by atoms with Gasteiger partial charge < -0.3 is 5.11 Å². The molecule has 1 aromatic carbocycles. The van der Waals surface area contributed by atoms with E-state index in [1.165, 1.54) is 23.0 Å². The van der Waals surface area contributed by atoms with Crippen LogP contribution in [0.2, 0.25) is 0 Å². The third-order valence-electron chi connectivity index (χ3n) is 2.31. The Hall–Kier alpha value is -2.17. The van der Waals surface area contributed by atoms with Crippen molar-refractivity contribution in [2.75, 3.05) is 0 Å². The Kier molecular flexibility index (Phi) is 2.44. The van der Waals surface area contributed by atoms with Gasteiger partial charge in [-0.2, -0.15) is 5.10 Å². The van der Waals surface area contributed by atoms with Crippen molar-refractivity contribution in [3.63, 3.8) is 0 Å². The molecule has 1 aromatic heterocycles. The highest BCUT2D eigenvalue weighted by Gasteiger charge is 2.13. The van der Waals surface area contributed by atoms with Gasteiger partial charge in [0.2, 0.25) is 0 Å². The Bertz CT molecular complexity index is 531. The van der Waals surface area contributed by atoms with Crippen molar-refractivity contribution in [1.29, 1.82) is 0 Å². The third-order valence-corrected chi connectivity index (χ3v) is 2.31. The number of aromatic carboxylic acids is 1. The van der Waals surface area contributed by atoms with Crippen LogP contribution in [0.25, 0.3) is 5.69 Å². The molecule has 1 N–H and O–H groups in total. The molecule has 0 aliphatic rings. The van der Waals surface area contributed by atoms with E-state index in [0.717, 1.165) is 0 Å². The minimum absolute atomic E-state index is 0.143. The molecule has 82 valence electrons. The molecule has 2 aromatic rings. The molecule has 5 heteroatoms. The Morgan fingerprint density at radius 2 is 2.00 bits per heavy atom. The number of nitrogens with zero attached hydrogens (tertiary/aromatic N) is 2. The smallest absolute Gasteiger partial charge is 0.339 e. The first-order valence-corrected chi connectivity index (χ1v) is 4.63. The van der Waals surface area contributed by atoms with E-state index in [-0.39, 0.29) is 11.4 Å². The average Bonchev–Trinajstić information content (AvgIpc) is 2.61. The van der Waals surface area contributed by atoms with Gasteiger partial charge in [-0.1, -0.05) is 0 Å². The number of carboxylic acids is 1. The van der Waals surface area contributed by atoms with Crippen molar-refractivity contribution in [3.05, 3.63) is 47.5 Å². The third kappa shape index (κ3) is 1.67. The summed E-state index contributed by atoms with van der Waals surface area (Å²) >= 11 is 0. The number of benzene rings is 1. The molecule has 16 heavy (non-hydrogen) atoms. The molecule has 0 spiro atoms. The first kappa shape index (κ1) is 10.4. The van der Waals surface area contributed by atoms with Crippen LogP contribution < -0.4 is 0 Å².